The molecule has 0 bridgehead atoms. The number of carbonyl (C=O) groups is 3. The van der Waals surface area contributed by atoms with Gasteiger partial charge in [0.05, 0.1) is 6.61 Å². The van der Waals surface area contributed by atoms with Crippen molar-refractivity contribution in [3.05, 3.63) is 59.2 Å². The van der Waals surface area contributed by atoms with Crippen LogP contribution in [0.25, 0.3) is 0 Å². The predicted molar refractivity (Wildman–Crippen MR) is 112 cm³/mol. The highest BCUT2D eigenvalue weighted by molar-refractivity contribution is 6.02. The van der Waals surface area contributed by atoms with E-state index in [1.807, 2.05) is 0 Å². The molecule has 156 valence electrons. The summed E-state index contributed by atoms with van der Waals surface area (Å²) in [7, 11) is 0. The van der Waals surface area contributed by atoms with Gasteiger partial charge in [-0.2, -0.15) is 0 Å². The summed E-state index contributed by atoms with van der Waals surface area (Å²) in [5.41, 5.74) is 8.35. The van der Waals surface area contributed by atoms with Crippen molar-refractivity contribution in [1.82, 2.24) is 5.32 Å². The Morgan fingerprint density at radius 2 is 1.90 bits per heavy atom. The molecular weight excluding hydrogens is 386 g/mol. The quantitative estimate of drug-likeness (QED) is 0.325. The van der Waals surface area contributed by atoms with Crippen LogP contribution in [0.1, 0.15) is 34.3 Å². The van der Waals surface area contributed by atoms with E-state index >= 15 is 0 Å². The summed E-state index contributed by atoms with van der Waals surface area (Å²) >= 11 is 0. The van der Waals surface area contributed by atoms with Gasteiger partial charge in [0.25, 0.3) is 5.91 Å². The van der Waals surface area contributed by atoms with E-state index in [4.69, 9.17) is 11.1 Å². The molecule has 0 fully saturated rings. The molecule has 3 amide bonds. The number of anilines is 2. The Balaban J connectivity index is 1.61. The molecule has 0 spiro atoms. The van der Waals surface area contributed by atoms with Crippen molar-refractivity contribution in [2.75, 3.05) is 23.4 Å². The first-order chi connectivity index (χ1) is 14.4. The topological polar surface area (TPSA) is 149 Å². The maximum Gasteiger partial charge on any atom is 0.251 e. The number of nitrogens with two attached hydrogens (primary N) is 1. The molecule has 0 aromatic heterocycles. The van der Waals surface area contributed by atoms with Crippen molar-refractivity contribution in [3.8, 4) is 0 Å². The van der Waals surface area contributed by atoms with Gasteiger partial charge in [-0.1, -0.05) is 6.07 Å². The van der Waals surface area contributed by atoms with E-state index in [0.717, 1.165) is 5.56 Å². The second-order valence-electron chi connectivity index (χ2n) is 6.83. The average Bonchev–Trinajstić information content (AvgIpc) is 3.11. The maximum atomic E-state index is 12.7. The molecule has 0 saturated heterocycles. The Labute approximate surface area is 173 Å². The van der Waals surface area contributed by atoms with Gasteiger partial charge in [-0.25, -0.2) is 0 Å². The molecule has 3 rings (SSSR count). The zero-order valence-corrected chi connectivity index (χ0v) is 16.3. The lowest BCUT2D eigenvalue weighted by Gasteiger charge is -2.22. The monoisotopic (exact) mass is 409 g/mol. The van der Waals surface area contributed by atoms with Crippen molar-refractivity contribution >= 4 is 34.9 Å². The molecule has 0 unspecified atom stereocenters. The largest absolute Gasteiger partial charge is 0.395 e. The third-order valence-electron chi connectivity index (χ3n) is 4.76. The maximum absolute atomic E-state index is 12.7. The van der Waals surface area contributed by atoms with Gasteiger partial charge < -0.3 is 26.4 Å². The number of aliphatic hydroxyl groups excluding tert-OH is 1. The summed E-state index contributed by atoms with van der Waals surface area (Å²) in [6, 6.07) is 11.6. The number of amides is 3. The SMILES string of the molecule is N=C(N)c1ccc(NC(=O)CCC(=O)N(CCO)c2ccc3c(c2)C(=O)NC3)cc1. The number of amidine groups is 1. The Morgan fingerprint density at radius 3 is 2.57 bits per heavy atom. The third-order valence-corrected chi connectivity index (χ3v) is 4.76. The minimum absolute atomic E-state index is 0.0410. The van der Waals surface area contributed by atoms with Crippen molar-refractivity contribution in [2.24, 2.45) is 5.73 Å². The molecule has 0 atom stereocenters. The highest BCUT2D eigenvalue weighted by atomic mass is 16.3. The Hall–Kier alpha value is -3.72. The van der Waals surface area contributed by atoms with E-state index in [-0.39, 0.29) is 49.6 Å². The number of fused-ring (bicyclic) bond motifs is 1. The number of nitrogens with zero attached hydrogens (tertiary/aromatic N) is 1. The molecule has 2 aromatic rings. The molecule has 0 saturated carbocycles. The Kier molecular flexibility index (Phi) is 6.43. The van der Waals surface area contributed by atoms with Crippen LogP contribution >= 0.6 is 0 Å². The second-order valence-corrected chi connectivity index (χ2v) is 6.83. The van der Waals surface area contributed by atoms with Gasteiger partial charge in [0, 0.05) is 48.4 Å². The lowest BCUT2D eigenvalue weighted by atomic mass is 10.1. The zero-order chi connectivity index (χ0) is 21.7. The number of hydrogen-bond donors (Lipinski definition) is 5. The van der Waals surface area contributed by atoms with Crippen LogP contribution in [-0.4, -0.2) is 41.8 Å². The van der Waals surface area contributed by atoms with Gasteiger partial charge in [0.1, 0.15) is 5.84 Å². The molecule has 6 N–H and O–H groups in total. The number of rotatable bonds is 8. The van der Waals surface area contributed by atoms with Crippen LogP contribution in [0.4, 0.5) is 11.4 Å². The number of aliphatic hydroxyl groups is 1. The van der Waals surface area contributed by atoms with Crippen molar-refractivity contribution in [1.29, 1.82) is 5.41 Å². The Bertz CT molecular complexity index is 987. The first kappa shape index (κ1) is 21.0. The van der Waals surface area contributed by atoms with E-state index < -0.39 is 0 Å². The summed E-state index contributed by atoms with van der Waals surface area (Å²) in [5, 5.41) is 22.1. The first-order valence-corrected chi connectivity index (χ1v) is 9.45. The normalized spacial score (nSPS) is 12.1. The highest BCUT2D eigenvalue weighted by Crippen LogP contribution is 2.24. The summed E-state index contributed by atoms with van der Waals surface area (Å²) < 4.78 is 0. The smallest absolute Gasteiger partial charge is 0.251 e. The van der Waals surface area contributed by atoms with Crippen LogP contribution in [0, 0.1) is 5.41 Å². The predicted octanol–water partition coefficient (Wildman–Crippen LogP) is 0.958. The van der Waals surface area contributed by atoms with Gasteiger partial charge in [-0.05, 0) is 42.0 Å². The van der Waals surface area contributed by atoms with E-state index in [0.29, 0.717) is 29.0 Å². The van der Waals surface area contributed by atoms with Crippen molar-refractivity contribution in [2.45, 2.75) is 19.4 Å². The second kappa shape index (κ2) is 9.19. The fourth-order valence-electron chi connectivity index (χ4n) is 3.18. The van der Waals surface area contributed by atoms with Crippen LogP contribution in [0.3, 0.4) is 0 Å². The van der Waals surface area contributed by atoms with Crippen molar-refractivity contribution in [3.63, 3.8) is 0 Å². The number of nitrogen functional groups attached to an aromatic ring is 1. The van der Waals surface area contributed by atoms with Gasteiger partial charge in [0.15, 0.2) is 0 Å². The fraction of sp³-hybridized carbons (Fsp3) is 0.238. The summed E-state index contributed by atoms with van der Waals surface area (Å²) in [6.45, 7) is 0.271. The third kappa shape index (κ3) is 4.81. The lowest BCUT2D eigenvalue weighted by Crippen LogP contribution is -2.34. The highest BCUT2D eigenvalue weighted by Gasteiger charge is 2.22. The van der Waals surface area contributed by atoms with Crippen LogP contribution in [0.5, 0.6) is 0 Å². The molecule has 30 heavy (non-hydrogen) atoms. The number of carbonyl (C=O) groups excluding carboxylic acids is 3. The molecule has 1 heterocycles. The van der Waals surface area contributed by atoms with Crippen molar-refractivity contribution < 1.29 is 19.5 Å². The molecule has 9 heteroatoms. The van der Waals surface area contributed by atoms with E-state index in [1.165, 1.54) is 4.90 Å². The fourth-order valence-corrected chi connectivity index (χ4v) is 3.18. The van der Waals surface area contributed by atoms with E-state index in [2.05, 4.69) is 10.6 Å². The molecule has 9 nitrogen and oxygen atoms in total. The van der Waals surface area contributed by atoms with E-state index in [9.17, 15) is 19.5 Å². The van der Waals surface area contributed by atoms with Gasteiger partial charge in [-0.15, -0.1) is 0 Å². The number of hydrogen-bond acceptors (Lipinski definition) is 5. The summed E-state index contributed by atoms with van der Waals surface area (Å²) in [4.78, 5) is 38.1. The standard InChI is InChI=1S/C21H23N5O4/c22-20(23)13-1-4-15(5-2-13)25-18(28)7-8-19(29)26(9-10-27)16-6-3-14-12-24-21(30)17(14)11-16/h1-6,11,27H,7-10,12H2,(H3,22,23)(H,24,30)(H,25,28). The molecule has 2 aromatic carbocycles. The molecular formula is C21H23N5O4. The van der Waals surface area contributed by atoms with Gasteiger partial charge in [0.2, 0.25) is 11.8 Å². The van der Waals surface area contributed by atoms with Gasteiger partial charge >= 0.3 is 0 Å². The Morgan fingerprint density at radius 1 is 1.17 bits per heavy atom. The number of nitrogens with one attached hydrogen (secondary N) is 3. The minimum Gasteiger partial charge on any atom is -0.395 e. The van der Waals surface area contributed by atoms with Crippen LogP contribution in [0.15, 0.2) is 42.5 Å². The molecule has 0 radical (unpaired) electrons. The number of benzene rings is 2. The van der Waals surface area contributed by atoms with Crippen LogP contribution < -0.4 is 21.3 Å². The first-order valence-electron chi connectivity index (χ1n) is 9.45. The minimum atomic E-state index is -0.337. The van der Waals surface area contributed by atoms with Crippen LogP contribution in [0.2, 0.25) is 0 Å². The average molecular weight is 409 g/mol. The molecule has 1 aliphatic rings. The van der Waals surface area contributed by atoms with Crippen LogP contribution in [-0.2, 0) is 16.1 Å². The molecule has 0 aliphatic carbocycles. The van der Waals surface area contributed by atoms with E-state index in [1.54, 1.807) is 42.5 Å². The summed E-state index contributed by atoms with van der Waals surface area (Å²) in [5.74, 6) is -0.925. The lowest BCUT2D eigenvalue weighted by molar-refractivity contribution is -0.122. The molecule has 1 aliphatic heterocycles. The van der Waals surface area contributed by atoms with Gasteiger partial charge in [-0.3, -0.25) is 19.8 Å². The zero-order valence-electron chi connectivity index (χ0n) is 16.3. The summed E-state index contributed by atoms with van der Waals surface area (Å²) in [6.07, 6.45) is -0.0959.